The van der Waals surface area contributed by atoms with Crippen molar-refractivity contribution in [1.29, 1.82) is 0 Å². The van der Waals surface area contributed by atoms with E-state index in [1.54, 1.807) is 5.38 Å². The molecule has 2 fully saturated rings. The molecule has 3 unspecified atom stereocenters. The van der Waals surface area contributed by atoms with Crippen molar-refractivity contribution >= 4 is 21.4 Å². The Hall–Kier alpha value is -0.430. The van der Waals surface area contributed by atoms with Gasteiger partial charge in [-0.1, -0.05) is 13.3 Å². The number of nitrogens with one attached hydrogen (secondary N) is 2. The van der Waals surface area contributed by atoms with E-state index in [4.69, 9.17) is 0 Å². The molecule has 2 saturated carbocycles. The van der Waals surface area contributed by atoms with Crippen LogP contribution in [0.1, 0.15) is 43.9 Å². The smallest absolute Gasteiger partial charge is 0.241 e. The molecule has 0 amide bonds. The van der Waals surface area contributed by atoms with Gasteiger partial charge in [0.15, 0.2) is 0 Å². The van der Waals surface area contributed by atoms with E-state index in [1.165, 1.54) is 30.6 Å². The molecule has 2 aliphatic carbocycles. The molecule has 1 aromatic rings. The van der Waals surface area contributed by atoms with Gasteiger partial charge >= 0.3 is 0 Å². The van der Waals surface area contributed by atoms with Gasteiger partial charge in [0.2, 0.25) is 10.0 Å². The number of hydrogen-bond acceptors (Lipinski definition) is 4. The highest BCUT2D eigenvalue weighted by Crippen LogP contribution is 2.44. The van der Waals surface area contributed by atoms with E-state index >= 15 is 0 Å². The van der Waals surface area contributed by atoms with Crippen molar-refractivity contribution in [3.8, 4) is 0 Å². The van der Waals surface area contributed by atoms with Crippen molar-refractivity contribution in [2.75, 3.05) is 6.54 Å². The molecule has 0 saturated heterocycles. The van der Waals surface area contributed by atoms with Crippen LogP contribution in [0.2, 0.25) is 0 Å². The van der Waals surface area contributed by atoms with E-state index in [0.717, 1.165) is 36.7 Å². The molecule has 6 heteroatoms. The first-order chi connectivity index (χ1) is 10.1. The SMILES string of the molecule is CCCNCc1cc(S(=O)(=O)NC2CC3CCC2C3)cs1. The van der Waals surface area contributed by atoms with Crippen LogP contribution >= 0.6 is 11.3 Å². The fourth-order valence-corrected chi connectivity index (χ4v) is 6.20. The predicted octanol–water partition coefficient (Wildman–Crippen LogP) is 2.71. The predicted molar refractivity (Wildman–Crippen MR) is 85.9 cm³/mol. The Morgan fingerprint density at radius 1 is 1.33 bits per heavy atom. The number of fused-ring (bicyclic) bond motifs is 2. The summed E-state index contributed by atoms with van der Waals surface area (Å²) < 4.78 is 27.9. The lowest BCUT2D eigenvalue weighted by Gasteiger charge is -2.22. The Labute approximate surface area is 131 Å². The second-order valence-corrected chi connectivity index (χ2v) is 9.04. The summed E-state index contributed by atoms with van der Waals surface area (Å²) in [5.74, 6) is 1.31. The molecule has 3 rings (SSSR count). The summed E-state index contributed by atoms with van der Waals surface area (Å²) in [7, 11) is -3.34. The third kappa shape index (κ3) is 3.50. The van der Waals surface area contributed by atoms with Gasteiger partial charge in [0.05, 0.1) is 4.90 Å². The Balaban J connectivity index is 1.62. The molecule has 1 aromatic heterocycles. The monoisotopic (exact) mass is 328 g/mol. The topological polar surface area (TPSA) is 58.2 Å². The van der Waals surface area contributed by atoms with Gasteiger partial charge in [0, 0.05) is 22.8 Å². The first-order valence-electron chi connectivity index (χ1n) is 7.89. The maximum atomic E-state index is 12.5. The lowest BCUT2D eigenvalue weighted by atomic mass is 9.96. The minimum atomic E-state index is -3.34. The number of sulfonamides is 1. The molecule has 2 N–H and O–H groups in total. The van der Waals surface area contributed by atoms with Crippen LogP contribution in [0.15, 0.2) is 16.3 Å². The van der Waals surface area contributed by atoms with E-state index in [0.29, 0.717) is 10.8 Å². The molecular weight excluding hydrogens is 304 g/mol. The van der Waals surface area contributed by atoms with Crippen LogP contribution in [0.3, 0.4) is 0 Å². The summed E-state index contributed by atoms with van der Waals surface area (Å²) >= 11 is 1.52. The fourth-order valence-electron chi connectivity index (χ4n) is 3.64. The Morgan fingerprint density at radius 3 is 2.86 bits per heavy atom. The minimum absolute atomic E-state index is 0.162. The van der Waals surface area contributed by atoms with Crippen molar-refractivity contribution in [3.05, 3.63) is 16.3 Å². The largest absolute Gasteiger partial charge is 0.312 e. The summed E-state index contributed by atoms with van der Waals surface area (Å²) in [6.45, 7) is 3.84. The van der Waals surface area contributed by atoms with E-state index in [-0.39, 0.29) is 6.04 Å². The highest BCUT2D eigenvalue weighted by atomic mass is 32.2. The summed E-state index contributed by atoms with van der Waals surface area (Å²) in [6.07, 6.45) is 5.80. The maximum absolute atomic E-state index is 12.5. The molecule has 0 radical (unpaired) electrons. The molecule has 0 spiro atoms. The molecule has 118 valence electrons. The second kappa shape index (κ2) is 6.36. The van der Waals surface area contributed by atoms with Gasteiger partial charge in [0.1, 0.15) is 0 Å². The molecule has 2 aliphatic rings. The lowest BCUT2D eigenvalue weighted by Crippen LogP contribution is -2.38. The van der Waals surface area contributed by atoms with Crippen molar-refractivity contribution in [2.24, 2.45) is 11.8 Å². The number of rotatable bonds is 7. The standard InChI is InChI=1S/C15H24N2O2S2/c1-2-5-16-9-13-8-14(10-20-13)21(18,19)17-15-7-11-3-4-12(15)6-11/h8,10-12,15-17H,2-7,9H2,1H3. The van der Waals surface area contributed by atoms with Gasteiger partial charge < -0.3 is 5.32 Å². The maximum Gasteiger partial charge on any atom is 0.241 e. The summed E-state index contributed by atoms with van der Waals surface area (Å²) in [4.78, 5) is 1.51. The average Bonchev–Trinajstić information content (AvgIpc) is 3.13. The zero-order valence-electron chi connectivity index (χ0n) is 12.5. The zero-order chi connectivity index (χ0) is 14.9. The molecule has 1 heterocycles. The minimum Gasteiger partial charge on any atom is -0.312 e. The van der Waals surface area contributed by atoms with Crippen molar-refractivity contribution in [1.82, 2.24) is 10.0 Å². The first kappa shape index (κ1) is 15.5. The summed E-state index contributed by atoms with van der Waals surface area (Å²) in [5.41, 5.74) is 0. The average molecular weight is 329 g/mol. The van der Waals surface area contributed by atoms with Crippen LogP contribution in [-0.4, -0.2) is 21.0 Å². The molecule has 0 aromatic carbocycles. The molecule has 0 aliphatic heterocycles. The number of thiophene rings is 1. The second-order valence-electron chi connectivity index (χ2n) is 6.33. The van der Waals surface area contributed by atoms with Crippen LogP contribution in [0.5, 0.6) is 0 Å². The van der Waals surface area contributed by atoms with Crippen LogP contribution in [0.25, 0.3) is 0 Å². The van der Waals surface area contributed by atoms with Crippen LogP contribution in [-0.2, 0) is 16.6 Å². The van der Waals surface area contributed by atoms with Gasteiger partial charge in [-0.3, -0.25) is 0 Å². The fraction of sp³-hybridized carbons (Fsp3) is 0.733. The van der Waals surface area contributed by atoms with Gasteiger partial charge in [-0.05, 0) is 50.1 Å². The molecular formula is C15H24N2O2S2. The summed E-state index contributed by atoms with van der Waals surface area (Å²) in [6, 6.07) is 1.97. The normalized spacial score (nSPS) is 28.3. The highest BCUT2D eigenvalue weighted by Gasteiger charge is 2.41. The zero-order valence-corrected chi connectivity index (χ0v) is 14.1. The van der Waals surface area contributed by atoms with Crippen LogP contribution in [0.4, 0.5) is 0 Å². The van der Waals surface area contributed by atoms with E-state index in [1.807, 2.05) is 6.07 Å². The van der Waals surface area contributed by atoms with Gasteiger partial charge in [-0.15, -0.1) is 11.3 Å². The Morgan fingerprint density at radius 2 is 2.19 bits per heavy atom. The third-order valence-corrected chi connectivity index (χ3v) is 7.27. The Bertz CT molecular complexity index is 582. The third-order valence-electron chi connectivity index (χ3n) is 4.71. The van der Waals surface area contributed by atoms with Crippen molar-refractivity contribution in [2.45, 2.75) is 56.5 Å². The van der Waals surface area contributed by atoms with Gasteiger partial charge in [0.25, 0.3) is 0 Å². The Kier molecular flexibility index (Phi) is 4.69. The van der Waals surface area contributed by atoms with Crippen molar-refractivity contribution < 1.29 is 8.42 Å². The van der Waals surface area contributed by atoms with Crippen LogP contribution in [0, 0.1) is 11.8 Å². The lowest BCUT2D eigenvalue weighted by molar-refractivity contribution is 0.390. The van der Waals surface area contributed by atoms with Gasteiger partial charge in [-0.25, -0.2) is 13.1 Å². The van der Waals surface area contributed by atoms with E-state index < -0.39 is 10.0 Å². The summed E-state index contributed by atoms with van der Waals surface area (Å²) in [5, 5.41) is 5.07. The molecule has 21 heavy (non-hydrogen) atoms. The number of hydrogen-bond donors (Lipinski definition) is 2. The molecule has 2 bridgehead atoms. The van der Waals surface area contributed by atoms with Gasteiger partial charge in [-0.2, -0.15) is 0 Å². The quantitative estimate of drug-likeness (QED) is 0.757. The van der Waals surface area contributed by atoms with Crippen LogP contribution < -0.4 is 10.0 Å². The van der Waals surface area contributed by atoms with E-state index in [9.17, 15) is 8.42 Å². The molecule has 3 atom stereocenters. The van der Waals surface area contributed by atoms with Crippen molar-refractivity contribution in [3.63, 3.8) is 0 Å². The van der Waals surface area contributed by atoms with E-state index in [2.05, 4.69) is 17.0 Å². The highest BCUT2D eigenvalue weighted by molar-refractivity contribution is 7.89. The molecule has 4 nitrogen and oxygen atoms in total. The first-order valence-corrected chi connectivity index (χ1v) is 10.2.